The molecule has 3 rings (SSSR count). The number of nitrogens with zero attached hydrogens (tertiary/aromatic N) is 4. The molecule has 0 saturated heterocycles. The Balaban J connectivity index is 1.71. The third-order valence-electron chi connectivity index (χ3n) is 3.35. The first-order chi connectivity index (χ1) is 11.3. The lowest BCUT2D eigenvalue weighted by Crippen LogP contribution is -2.01. The Bertz CT molecular complexity index is 768. The van der Waals surface area contributed by atoms with Crippen molar-refractivity contribution in [3.63, 3.8) is 0 Å². The monoisotopic (exact) mass is 332 g/mol. The SMILES string of the molecule is CCCCc1nnc2sc(COc3ccccc3OCC)nn12. The van der Waals surface area contributed by atoms with Crippen molar-refractivity contribution in [2.45, 2.75) is 39.7 Å². The van der Waals surface area contributed by atoms with Gasteiger partial charge in [-0.1, -0.05) is 36.8 Å². The third-order valence-corrected chi connectivity index (χ3v) is 4.22. The molecule has 6 nitrogen and oxygen atoms in total. The van der Waals surface area contributed by atoms with E-state index in [-0.39, 0.29) is 0 Å². The molecule has 23 heavy (non-hydrogen) atoms. The number of para-hydroxylation sites is 2. The van der Waals surface area contributed by atoms with Gasteiger partial charge in [-0.3, -0.25) is 0 Å². The van der Waals surface area contributed by atoms with Gasteiger partial charge in [0.2, 0.25) is 4.96 Å². The van der Waals surface area contributed by atoms with Crippen LogP contribution in [0.15, 0.2) is 24.3 Å². The highest BCUT2D eigenvalue weighted by molar-refractivity contribution is 7.16. The molecule has 0 aliphatic heterocycles. The number of aryl methyl sites for hydroxylation is 1. The summed E-state index contributed by atoms with van der Waals surface area (Å²) in [6, 6.07) is 7.67. The summed E-state index contributed by atoms with van der Waals surface area (Å²) in [6.07, 6.45) is 3.12. The van der Waals surface area contributed by atoms with Gasteiger partial charge < -0.3 is 9.47 Å². The lowest BCUT2D eigenvalue weighted by molar-refractivity contribution is 0.268. The number of unbranched alkanes of at least 4 members (excludes halogenated alkanes) is 1. The Labute approximate surface area is 139 Å². The lowest BCUT2D eigenvalue weighted by atomic mass is 10.2. The van der Waals surface area contributed by atoms with Gasteiger partial charge in [0.1, 0.15) is 6.61 Å². The zero-order valence-corrected chi connectivity index (χ0v) is 14.2. The molecule has 0 radical (unpaired) electrons. The molecule has 3 aromatic rings. The van der Waals surface area contributed by atoms with Crippen molar-refractivity contribution < 1.29 is 9.47 Å². The second-order valence-electron chi connectivity index (χ2n) is 5.08. The summed E-state index contributed by atoms with van der Waals surface area (Å²) in [7, 11) is 0. The topological polar surface area (TPSA) is 61.5 Å². The molecule has 7 heteroatoms. The van der Waals surface area contributed by atoms with Crippen molar-refractivity contribution in [3.05, 3.63) is 35.1 Å². The van der Waals surface area contributed by atoms with Crippen molar-refractivity contribution in [1.82, 2.24) is 19.8 Å². The van der Waals surface area contributed by atoms with E-state index in [0.717, 1.165) is 46.6 Å². The van der Waals surface area contributed by atoms with Crippen LogP contribution < -0.4 is 9.47 Å². The largest absolute Gasteiger partial charge is 0.490 e. The number of benzene rings is 1. The van der Waals surface area contributed by atoms with Crippen LogP contribution in [0.3, 0.4) is 0 Å². The first-order valence-corrected chi connectivity index (χ1v) is 8.68. The van der Waals surface area contributed by atoms with Crippen molar-refractivity contribution in [2.24, 2.45) is 0 Å². The Morgan fingerprint density at radius 1 is 1.09 bits per heavy atom. The molecule has 0 aliphatic rings. The summed E-state index contributed by atoms with van der Waals surface area (Å²) in [5.41, 5.74) is 0. The summed E-state index contributed by atoms with van der Waals surface area (Å²) in [5, 5.41) is 13.8. The van der Waals surface area contributed by atoms with Crippen LogP contribution in [0, 0.1) is 0 Å². The van der Waals surface area contributed by atoms with E-state index in [0.29, 0.717) is 13.2 Å². The Morgan fingerprint density at radius 2 is 1.87 bits per heavy atom. The van der Waals surface area contributed by atoms with Crippen molar-refractivity contribution in [1.29, 1.82) is 0 Å². The van der Waals surface area contributed by atoms with Gasteiger partial charge >= 0.3 is 0 Å². The second kappa shape index (κ2) is 7.41. The molecule has 2 aromatic heterocycles. The average molecular weight is 332 g/mol. The Kier molecular flexibility index (Phi) is 5.07. The van der Waals surface area contributed by atoms with Crippen LogP contribution in [-0.4, -0.2) is 26.4 Å². The Hall–Kier alpha value is -2.15. The van der Waals surface area contributed by atoms with Crippen LogP contribution in [0.1, 0.15) is 37.5 Å². The molecule has 0 saturated carbocycles. The van der Waals surface area contributed by atoms with Gasteiger partial charge in [-0.2, -0.15) is 9.61 Å². The normalized spacial score (nSPS) is 11.0. The van der Waals surface area contributed by atoms with Gasteiger partial charge in [0.25, 0.3) is 0 Å². The molecule has 0 fully saturated rings. The van der Waals surface area contributed by atoms with Gasteiger partial charge in [-0.25, -0.2) is 0 Å². The summed E-state index contributed by atoms with van der Waals surface area (Å²) < 4.78 is 13.2. The standard InChI is InChI=1S/C16H20N4O2S/c1-3-5-10-14-17-18-16-20(14)19-15(23-16)11-22-13-9-7-6-8-12(13)21-4-2/h6-9H,3-5,10-11H2,1-2H3. The molecule has 0 amide bonds. The number of ether oxygens (including phenoxy) is 2. The fourth-order valence-corrected chi connectivity index (χ4v) is 3.00. The number of aromatic nitrogens is 4. The molecule has 0 N–H and O–H groups in total. The number of fused-ring (bicyclic) bond motifs is 1. The van der Waals surface area contributed by atoms with Gasteiger partial charge in [0.05, 0.1) is 6.61 Å². The highest BCUT2D eigenvalue weighted by Gasteiger charge is 2.12. The second-order valence-corrected chi connectivity index (χ2v) is 6.12. The molecule has 0 aliphatic carbocycles. The minimum absolute atomic E-state index is 0.394. The highest BCUT2D eigenvalue weighted by atomic mass is 32.1. The zero-order valence-electron chi connectivity index (χ0n) is 13.4. The van der Waals surface area contributed by atoms with Gasteiger partial charge in [-0.05, 0) is 25.5 Å². The first kappa shape index (κ1) is 15.7. The van der Waals surface area contributed by atoms with E-state index in [9.17, 15) is 0 Å². The van der Waals surface area contributed by atoms with Crippen molar-refractivity contribution >= 4 is 16.3 Å². The first-order valence-electron chi connectivity index (χ1n) is 7.86. The van der Waals surface area contributed by atoms with Crippen LogP contribution in [0.4, 0.5) is 0 Å². The molecular formula is C16H20N4O2S. The quantitative estimate of drug-likeness (QED) is 0.632. The molecule has 0 unspecified atom stereocenters. The van der Waals surface area contributed by atoms with Crippen LogP contribution in [-0.2, 0) is 13.0 Å². The number of hydrogen-bond acceptors (Lipinski definition) is 6. The van der Waals surface area contributed by atoms with Crippen LogP contribution in [0.5, 0.6) is 11.5 Å². The van der Waals surface area contributed by atoms with Gasteiger partial charge in [0.15, 0.2) is 22.3 Å². The van der Waals surface area contributed by atoms with E-state index in [1.165, 1.54) is 11.3 Å². The number of hydrogen-bond donors (Lipinski definition) is 0. The maximum absolute atomic E-state index is 5.86. The van der Waals surface area contributed by atoms with Gasteiger partial charge in [0, 0.05) is 6.42 Å². The summed E-state index contributed by atoms with van der Waals surface area (Å²) in [5.74, 6) is 2.40. The third kappa shape index (κ3) is 3.61. The van der Waals surface area contributed by atoms with E-state index in [4.69, 9.17) is 9.47 Å². The summed E-state index contributed by atoms with van der Waals surface area (Å²) >= 11 is 1.50. The summed E-state index contributed by atoms with van der Waals surface area (Å²) in [4.78, 5) is 0.813. The van der Waals surface area contributed by atoms with E-state index < -0.39 is 0 Å². The predicted molar refractivity (Wildman–Crippen MR) is 89.2 cm³/mol. The average Bonchev–Trinajstić information content (AvgIpc) is 3.13. The molecule has 0 bridgehead atoms. The van der Waals surface area contributed by atoms with Crippen LogP contribution in [0.2, 0.25) is 0 Å². The van der Waals surface area contributed by atoms with Crippen molar-refractivity contribution in [3.8, 4) is 11.5 Å². The maximum atomic E-state index is 5.86. The minimum Gasteiger partial charge on any atom is -0.490 e. The van der Waals surface area contributed by atoms with Crippen LogP contribution >= 0.6 is 11.3 Å². The smallest absolute Gasteiger partial charge is 0.234 e. The van der Waals surface area contributed by atoms with Crippen LogP contribution in [0.25, 0.3) is 4.96 Å². The molecule has 2 heterocycles. The van der Waals surface area contributed by atoms with E-state index in [2.05, 4.69) is 22.2 Å². The predicted octanol–water partition coefficient (Wildman–Crippen LogP) is 3.51. The van der Waals surface area contributed by atoms with E-state index in [1.54, 1.807) is 0 Å². The maximum Gasteiger partial charge on any atom is 0.234 e. The highest BCUT2D eigenvalue weighted by Crippen LogP contribution is 2.27. The van der Waals surface area contributed by atoms with E-state index >= 15 is 0 Å². The summed E-state index contributed by atoms with van der Waals surface area (Å²) in [6.45, 7) is 5.12. The minimum atomic E-state index is 0.394. The molecule has 1 aromatic carbocycles. The Morgan fingerprint density at radius 3 is 2.61 bits per heavy atom. The van der Waals surface area contributed by atoms with Crippen molar-refractivity contribution in [2.75, 3.05) is 6.61 Å². The molecule has 0 atom stereocenters. The lowest BCUT2D eigenvalue weighted by Gasteiger charge is -2.10. The fraction of sp³-hybridized carbons (Fsp3) is 0.438. The van der Waals surface area contributed by atoms with E-state index in [1.807, 2.05) is 35.7 Å². The molecule has 0 spiro atoms. The molecular weight excluding hydrogens is 312 g/mol. The van der Waals surface area contributed by atoms with Gasteiger partial charge in [-0.15, -0.1) is 10.2 Å². The number of rotatable bonds is 8. The molecule has 122 valence electrons. The fourth-order valence-electron chi connectivity index (χ4n) is 2.23. The zero-order chi connectivity index (χ0) is 16.1.